The van der Waals surface area contributed by atoms with Crippen LogP contribution < -0.4 is 15.4 Å². The number of nitrogens with one attached hydrogen (secondary N) is 2. The van der Waals surface area contributed by atoms with E-state index in [1.807, 2.05) is 67.7 Å². The second-order valence-electron chi connectivity index (χ2n) is 6.46. The highest BCUT2D eigenvalue weighted by Crippen LogP contribution is 2.13. The molecule has 0 aliphatic heterocycles. The zero-order valence-corrected chi connectivity index (χ0v) is 16.8. The van der Waals surface area contributed by atoms with Gasteiger partial charge in [0.2, 0.25) is 5.91 Å². The van der Waals surface area contributed by atoms with Crippen LogP contribution in [0.25, 0.3) is 0 Å². The monoisotopic (exact) mass is 395 g/mol. The van der Waals surface area contributed by atoms with E-state index in [1.165, 1.54) is 10.4 Å². The molecule has 6 heteroatoms. The molecule has 0 spiro atoms. The van der Waals surface area contributed by atoms with Crippen LogP contribution in [0, 0.1) is 6.92 Å². The third kappa shape index (κ3) is 6.79. The van der Waals surface area contributed by atoms with Crippen molar-refractivity contribution in [1.29, 1.82) is 0 Å². The Kier molecular flexibility index (Phi) is 7.58. The predicted molar refractivity (Wildman–Crippen MR) is 114 cm³/mol. The lowest BCUT2D eigenvalue weighted by Crippen LogP contribution is -2.13. The summed E-state index contributed by atoms with van der Waals surface area (Å²) in [4.78, 5) is 17.5. The fraction of sp³-hybridized carbons (Fsp3) is 0.273. The smallest absolute Gasteiger partial charge is 0.224 e. The van der Waals surface area contributed by atoms with Gasteiger partial charge in [-0.25, -0.2) is 4.98 Å². The van der Waals surface area contributed by atoms with E-state index in [-0.39, 0.29) is 5.91 Å². The van der Waals surface area contributed by atoms with Gasteiger partial charge in [-0.15, -0.1) is 11.3 Å². The second-order valence-corrected chi connectivity index (χ2v) is 7.78. The van der Waals surface area contributed by atoms with Gasteiger partial charge in [-0.3, -0.25) is 4.79 Å². The third-order valence-electron chi connectivity index (χ3n) is 4.10. The van der Waals surface area contributed by atoms with Gasteiger partial charge in [0.15, 0.2) is 0 Å². The normalized spacial score (nSPS) is 10.6. The minimum Gasteiger partial charge on any atom is -0.494 e. The highest BCUT2D eigenvalue weighted by Gasteiger charge is 2.03. The van der Waals surface area contributed by atoms with E-state index in [2.05, 4.69) is 15.6 Å². The van der Waals surface area contributed by atoms with Crippen LogP contribution in [-0.2, 0) is 17.9 Å². The number of thiazole rings is 1. The fourth-order valence-electron chi connectivity index (χ4n) is 2.69. The molecule has 1 heterocycles. The number of para-hydroxylation sites is 1. The first-order chi connectivity index (χ1) is 13.7. The second kappa shape index (κ2) is 10.6. The van der Waals surface area contributed by atoms with Gasteiger partial charge < -0.3 is 15.4 Å². The first kappa shape index (κ1) is 20.0. The molecule has 0 unspecified atom stereocenters. The standard InChI is InChI=1S/C22H25N3O2S/c1-17-24-16-21(28-17)15-23-14-18-9-11-19(12-10-18)25-22(26)8-5-13-27-20-6-3-2-4-7-20/h2-4,6-7,9-12,16,23H,5,8,13-15H2,1H3,(H,25,26). The molecule has 0 radical (unpaired) electrons. The molecule has 2 N–H and O–H groups in total. The molecule has 2 aromatic carbocycles. The predicted octanol–water partition coefficient (Wildman–Crippen LogP) is 4.54. The van der Waals surface area contributed by atoms with Crippen LogP contribution in [0.3, 0.4) is 0 Å². The average molecular weight is 396 g/mol. The van der Waals surface area contributed by atoms with Crippen LogP contribution >= 0.6 is 11.3 Å². The Balaban J connectivity index is 1.33. The Labute approximate surface area is 169 Å². The molecule has 3 aromatic rings. The van der Waals surface area contributed by atoms with Crippen molar-refractivity contribution < 1.29 is 9.53 Å². The van der Waals surface area contributed by atoms with Gasteiger partial charge in [0.1, 0.15) is 5.75 Å². The highest BCUT2D eigenvalue weighted by molar-refractivity contribution is 7.11. The number of aryl methyl sites for hydroxylation is 1. The number of nitrogens with zero attached hydrogens (tertiary/aromatic N) is 1. The van der Waals surface area contributed by atoms with Crippen LogP contribution in [-0.4, -0.2) is 17.5 Å². The van der Waals surface area contributed by atoms with Crippen molar-refractivity contribution in [2.75, 3.05) is 11.9 Å². The van der Waals surface area contributed by atoms with E-state index in [9.17, 15) is 4.79 Å². The molecule has 0 aliphatic rings. The van der Waals surface area contributed by atoms with Crippen LogP contribution in [0.5, 0.6) is 5.75 Å². The SMILES string of the molecule is Cc1ncc(CNCc2ccc(NC(=O)CCCOc3ccccc3)cc2)s1. The van der Waals surface area contributed by atoms with Gasteiger partial charge in [0.05, 0.1) is 11.6 Å². The third-order valence-corrected chi connectivity index (χ3v) is 5.01. The Hall–Kier alpha value is -2.70. The molecule has 0 saturated carbocycles. The Morgan fingerprint density at radius 1 is 1.07 bits per heavy atom. The molecule has 5 nitrogen and oxygen atoms in total. The van der Waals surface area contributed by atoms with Crippen molar-refractivity contribution in [2.24, 2.45) is 0 Å². The van der Waals surface area contributed by atoms with Gasteiger partial charge in [-0.2, -0.15) is 0 Å². The summed E-state index contributed by atoms with van der Waals surface area (Å²) in [7, 11) is 0. The van der Waals surface area contributed by atoms with Crippen LogP contribution in [0.4, 0.5) is 5.69 Å². The van der Waals surface area contributed by atoms with E-state index in [0.717, 1.165) is 29.5 Å². The molecule has 3 rings (SSSR count). The number of hydrogen-bond donors (Lipinski definition) is 2. The number of hydrogen-bond acceptors (Lipinski definition) is 5. The Morgan fingerprint density at radius 3 is 2.57 bits per heavy atom. The number of carbonyl (C=O) groups is 1. The summed E-state index contributed by atoms with van der Waals surface area (Å²) in [6.07, 6.45) is 3.03. The van der Waals surface area contributed by atoms with Crippen molar-refractivity contribution in [2.45, 2.75) is 32.9 Å². The van der Waals surface area contributed by atoms with Gasteiger partial charge in [0, 0.05) is 36.3 Å². The van der Waals surface area contributed by atoms with Crippen molar-refractivity contribution in [3.05, 3.63) is 76.2 Å². The number of amides is 1. The number of carbonyl (C=O) groups excluding carboxylic acids is 1. The molecular weight excluding hydrogens is 370 g/mol. The maximum absolute atomic E-state index is 12.1. The summed E-state index contributed by atoms with van der Waals surface area (Å²) in [6, 6.07) is 17.6. The van der Waals surface area contributed by atoms with E-state index < -0.39 is 0 Å². The van der Waals surface area contributed by atoms with Crippen LogP contribution in [0.2, 0.25) is 0 Å². The molecule has 28 heavy (non-hydrogen) atoms. The van der Waals surface area contributed by atoms with Crippen LogP contribution in [0.15, 0.2) is 60.8 Å². The quantitative estimate of drug-likeness (QED) is 0.495. The lowest BCUT2D eigenvalue weighted by atomic mass is 10.2. The summed E-state index contributed by atoms with van der Waals surface area (Å²) in [6.45, 7) is 4.13. The van der Waals surface area contributed by atoms with E-state index >= 15 is 0 Å². The lowest BCUT2D eigenvalue weighted by molar-refractivity contribution is -0.116. The molecule has 1 aromatic heterocycles. The van der Waals surface area contributed by atoms with Crippen LogP contribution in [0.1, 0.15) is 28.3 Å². The number of rotatable bonds is 10. The van der Waals surface area contributed by atoms with Crippen molar-refractivity contribution in [3.63, 3.8) is 0 Å². The zero-order chi connectivity index (χ0) is 19.6. The first-order valence-electron chi connectivity index (χ1n) is 9.38. The number of ether oxygens (including phenoxy) is 1. The molecule has 0 bridgehead atoms. The highest BCUT2D eigenvalue weighted by atomic mass is 32.1. The summed E-state index contributed by atoms with van der Waals surface area (Å²) in [5, 5.41) is 7.43. The molecule has 1 amide bonds. The molecule has 0 aliphatic carbocycles. The maximum atomic E-state index is 12.1. The molecule has 146 valence electrons. The largest absolute Gasteiger partial charge is 0.494 e. The average Bonchev–Trinajstić information content (AvgIpc) is 3.12. The molecule has 0 saturated heterocycles. The van der Waals surface area contributed by atoms with E-state index in [4.69, 9.17) is 4.74 Å². The number of aromatic nitrogens is 1. The molecular formula is C22H25N3O2S. The van der Waals surface area contributed by atoms with Gasteiger partial charge in [0.25, 0.3) is 0 Å². The van der Waals surface area contributed by atoms with E-state index in [0.29, 0.717) is 19.4 Å². The zero-order valence-electron chi connectivity index (χ0n) is 16.0. The van der Waals surface area contributed by atoms with Gasteiger partial charge in [-0.1, -0.05) is 30.3 Å². The maximum Gasteiger partial charge on any atom is 0.224 e. The molecule has 0 atom stereocenters. The topological polar surface area (TPSA) is 63.2 Å². The van der Waals surface area contributed by atoms with Gasteiger partial charge in [-0.05, 0) is 43.2 Å². The molecule has 0 fully saturated rings. The minimum absolute atomic E-state index is 0.00287. The summed E-state index contributed by atoms with van der Waals surface area (Å²) >= 11 is 1.71. The summed E-state index contributed by atoms with van der Waals surface area (Å²) in [5.41, 5.74) is 1.99. The van der Waals surface area contributed by atoms with Gasteiger partial charge >= 0.3 is 0 Å². The fourth-order valence-corrected chi connectivity index (χ4v) is 3.45. The van der Waals surface area contributed by atoms with Crippen molar-refractivity contribution >= 4 is 22.9 Å². The number of benzene rings is 2. The summed E-state index contributed by atoms with van der Waals surface area (Å²) < 4.78 is 5.60. The first-order valence-corrected chi connectivity index (χ1v) is 10.2. The number of anilines is 1. The minimum atomic E-state index is 0.00287. The Bertz CT molecular complexity index is 863. The van der Waals surface area contributed by atoms with Crippen molar-refractivity contribution in [1.82, 2.24) is 10.3 Å². The lowest BCUT2D eigenvalue weighted by Gasteiger charge is -2.08. The Morgan fingerprint density at radius 2 is 1.86 bits per heavy atom. The van der Waals surface area contributed by atoms with E-state index in [1.54, 1.807) is 11.3 Å². The van der Waals surface area contributed by atoms with Crippen molar-refractivity contribution in [3.8, 4) is 5.75 Å². The summed E-state index contributed by atoms with van der Waals surface area (Å²) in [5.74, 6) is 0.834.